The Morgan fingerprint density at radius 2 is 1.44 bits per heavy atom. The summed E-state index contributed by atoms with van der Waals surface area (Å²) in [4.78, 5) is 11.8. The van der Waals surface area contributed by atoms with Crippen molar-refractivity contribution in [1.29, 1.82) is 0 Å². The van der Waals surface area contributed by atoms with Crippen molar-refractivity contribution in [3.05, 3.63) is 48.5 Å². The summed E-state index contributed by atoms with van der Waals surface area (Å²) in [5.74, 6) is 2.60. The molecule has 134 valence electrons. The fourth-order valence-electron chi connectivity index (χ4n) is 2.09. The average Bonchev–Trinajstić information content (AvgIpc) is 2.65. The SMILES string of the molecule is COc1cc(OC)cc(OCCNC(=O)CCOc2ccccc2)c1. The van der Waals surface area contributed by atoms with Crippen LogP contribution in [0.3, 0.4) is 0 Å². The van der Waals surface area contributed by atoms with Crippen LogP contribution in [-0.2, 0) is 4.79 Å². The molecule has 1 amide bonds. The summed E-state index contributed by atoms with van der Waals surface area (Å²) in [6, 6.07) is 14.7. The summed E-state index contributed by atoms with van der Waals surface area (Å²) in [6.07, 6.45) is 0.294. The number of nitrogens with one attached hydrogen (secondary N) is 1. The van der Waals surface area contributed by atoms with Crippen molar-refractivity contribution in [3.8, 4) is 23.0 Å². The van der Waals surface area contributed by atoms with Crippen LogP contribution in [0.15, 0.2) is 48.5 Å². The Labute approximate surface area is 147 Å². The average molecular weight is 345 g/mol. The molecule has 0 atom stereocenters. The number of hydrogen-bond donors (Lipinski definition) is 1. The molecule has 0 aliphatic rings. The second kappa shape index (κ2) is 10.1. The second-order valence-electron chi connectivity index (χ2n) is 5.16. The molecule has 0 saturated heterocycles. The van der Waals surface area contributed by atoms with Crippen LogP contribution in [0.25, 0.3) is 0 Å². The molecule has 25 heavy (non-hydrogen) atoms. The molecule has 0 bridgehead atoms. The van der Waals surface area contributed by atoms with Gasteiger partial charge in [0.05, 0.1) is 33.8 Å². The maximum Gasteiger partial charge on any atom is 0.223 e. The van der Waals surface area contributed by atoms with Gasteiger partial charge in [-0.15, -0.1) is 0 Å². The molecule has 0 unspecified atom stereocenters. The van der Waals surface area contributed by atoms with E-state index in [1.807, 2.05) is 30.3 Å². The van der Waals surface area contributed by atoms with E-state index in [0.717, 1.165) is 5.75 Å². The van der Waals surface area contributed by atoms with Gasteiger partial charge in [-0.1, -0.05) is 18.2 Å². The van der Waals surface area contributed by atoms with Crippen molar-refractivity contribution in [2.75, 3.05) is 34.0 Å². The standard InChI is InChI=1S/C19H23NO5/c1-22-16-12-17(23-2)14-18(13-16)25-11-9-20-19(21)8-10-24-15-6-4-3-5-7-15/h3-7,12-14H,8-11H2,1-2H3,(H,20,21). The van der Waals surface area contributed by atoms with Gasteiger partial charge in [-0.2, -0.15) is 0 Å². The monoisotopic (exact) mass is 345 g/mol. The summed E-state index contributed by atoms with van der Waals surface area (Å²) in [5, 5.41) is 2.79. The Morgan fingerprint density at radius 3 is 2.08 bits per heavy atom. The summed E-state index contributed by atoms with van der Waals surface area (Å²) in [6.45, 7) is 1.09. The quantitative estimate of drug-likeness (QED) is 0.671. The van der Waals surface area contributed by atoms with Gasteiger partial charge >= 0.3 is 0 Å². The lowest BCUT2D eigenvalue weighted by Gasteiger charge is -2.11. The van der Waals surface area contributed by atoms with Crippen LogP contribution >= 0.6 is 0 Å². The third-order valence-electron chi connectivity index (χ3n) is 3.36. The van der Waals surface area contributed by atoms with Gasteiger partial charge in [-0.25, -0.2) is 0 Å². The lowest BCUT2D eigenvalue weighted by Crippen LogP contribution is -2.29. The van der Waals surface area contributed by atoms with Crippen LogP contribution in [0, 0.1) is 0 Å². The highest BCUT2D eigenvalue weighted by Crippen LogP contribution is 2.27. The highest BCUT2D eigenvalue weighted by Gasteiger charge is 2.04. The van der Waals surface area contributed by atoms with Crippen molar-refractivity contribution < 1.29 is 23.7 Å². The van der Waals surface area contributed by atoms with E-state index in [2.05, 4.69) is 5.32 Å². The van der Waals surface area contributed by atoms with Crippen LogP contribution in [0.2, 0.25) is 0 Å². The zero-order chi connectivity index (χ0) is 17.9. The zero-order valence-corrected chi connectivity index (χ0v) is 14.5. The number of carbonyl (C=O) groups excluding carboxylic acids is 1. The molecule has 2 rings (SSSR count). The number of methoxy groups -OCH3 is 2. The molecule has 0 fully saturated rings. The fourth-order valence-corrected chi connectivity index (χ4v) is 2.09. The number of amides is 1. The molecule has 0 aromatic heterocycles. The molecule has 0 radical (unpaired) electrons. The maximum absolute atomic E-state index is 11.8. The van der Waals surface area contributed by atoms with E-state index in [4.69, 9.17) is 18.9 Å². The predicted octanol–water partition coefficient (Wildman–Crippen LogP) is 2.67. The first-order valence-corrected chi connectivity index (χ1v) is 8.01. The Morgan fingerprint density at radius 1 is 0.840 bits per heavy atom. The highest BCUT2D eigenvalue weighted by molar-refractivity contribution is 5.75. The van der Waals surface area contributed by atoms with Crippen LogP contribution in [0.1, 0.15) is 6.42 Å². The van der Waals surface area contributed by atoms with Crippen LogP contribution in [-0.4, -0.2) is 39.9 Å². The van der Waals surface area contributed by atoms with E-state index in [-0.39, 0.29) is 5.91 Å². The minimum absolute atomic E-state index is 0.0808. The van der Waals surface area contributed by atoms with Crippen LogP contribution < -0.4 is 24.3 Å². The largest absolute Gasteiger partial charge is 0.496 e. The number of rotatable bonds is 10. The summed E-state index contributed by atoms with van der Waals surface area (Å²) >= 11 is 0. The maximum atomic E-state index is 11.8. The van der Waals surface area contributed by atoms with Gasteiger partial charge in [0.15, 0.2) is 0 Å². The molecule has 0 saturated carbocycles. The van der Waals surface area contributed by atoms with Crippen LogP contribution in [0.5, 0.6) is 23.0 Å². The number of carbonyl (C=O) groups is 1. The molecule has 2 aromatic carbocycles. The molecule has 0 aliphatic heterocycles. The van der Waals surface area contributed by atoms with Gasteiger partial charge in [-0.3, -0.25) is 4.79 Å². The molecule has 0 spiro atoms. The van der Waals surface area contributed by atoms with Crippen LogP contribution in [0.4, 0.5) is 0 Å². The highest BCUT2D eigenvalue weighted by atomic mass is 16.5. The van der Waals surface area contributed by atoms with E-state index >= 15 is 0 Å². The van der Waals surface area contributed by atoms with Gasteiger partial charge in [0, 0.05) is 18.2 Å². The van der Waals surface area contributed by atoms with Crippen molar-refractivity contribution >= 4 is 5.91 Å². The molecule has 0 heterocycles. The normalized spacial score (nSPS) is 10.0. The van der Waals surface area contributed by atoms with E-state index in [0.29, 0.717) is 43.4 Å². The van der Waals surface area contributed by atoms with E-state index in [9.17, 15) is 4.79 Å². The second-order valence-corrected chi connectivity index (χ2v) is 5.16. The van der Waals surface area contributed by atoms with E-state index in [1.54, 1.807) is 32.4 Å². The predicted molar refractivity (Wildman–Crippen MR) is 94.6 cm³/mol. The van der Waals surface area contributed by atoms with Crippen molar-refractivity contribution in [2.45, 2.75) is 6.42 Å². The Balaban J connectivity index is 1.64. The first-order valence-electron chi connectivity index (χ1n) is 8.01. The number of para-hydroxylation sites is 1. The van der Waals surface area contributed by atoms with Gasteiger partial charge in [0.1, 0.15) is 29.6 Å². The smallest absolute Gasteiger partial charge is 0.223 e. The summed E-state index contributed by atoms with van der Waals surface area (Å²) in [7, 11) is 3.16. The van der Waals surface area contributed by atoms with Crippen molar-refractivity contribution in [3.63, 3.8) is 0 Å². The van der Waals surface area contributed by atoms with Crippen molar-refractivity contribution in [1.82, 2.24) is 5.32 Å². The topological polar surface area (TPSA) is 66.0 Å². The summed E-state index contributed by atoms with van der Waals surface area (Å²) < 4.78 is 21.5. The van der Waals surface area contributed by atoms with Gasteiger partial charge in [0.25, 0.3) is 0 Å². The minimum Gasteiger partial charge on any atom is -0.496 e. The first-order chi connectivity index (χ1) is 12.2. The molecule has 1 N–H and O–H groups in total. The zero-order valence-electron chi connectivity index (χ0n) is 14.5. The number of hydrogen-bond acceptors (Lipinski definition) is 5. The molecule has 6 heteroatoms. The molecular weight excluding hydrogens is 322 g/mol. The first kappa shape index (κ1) is 18.4. The molecular formula is C19H23NO5. The molecule has 2 aromatic rings. The lowest BCUT2D eigenvalue weighted by atomic mass is 10.3. The Hall–Kier alpha value is -2.89. The summed E-state index contributed by atoms with van der Waals surface area (Å²) in [5.41, 5.74) is 0. The van der Waals surface area contributed by atoms with Gasteiger partial charge in [-0.05, 0) is 12.1 Å². The number of ether oxygens (including phenoxy) is 4. The van der Waals surface area contributed by atoms with E-state index < -0.39 is 0 Å². The number of benzene rings is 2. The van der Waals surface area contributed by atoms with Gasteiger partial charge < -0.3 is 24.3 Å². The van der Waals surface area contributed by atoms with E-state index in [1.165, 1.54) is 0 Å². The fraction of sp³-hybridized carbons (Fsp3) is 0.316. The van der Waals surface area contributed by atoms with Gasteiger partial charge in [0.2, 0.25) is 5.91 Å². The minimum atomic E-state index is -0.0808. The molecule has 0 aliphatic carbocycles. The molecule has 6 nitrogen and oxygen atoms in total. The Bertz CT molecular complexity index is 638. The van der Waals surface area contributed by atoms with Crippen molar-refractivity contribution in [2.24, 2.45) is 0 Å². The Kier molecular flexibility index (Phi) is 7.43. The third-order valence-corrected chi connectivity index (χ3v) is 3.36. The third kappa shape index (κ3) is 6.63. The lowest BCUT2D eigenvalue weighted by molar-refractivity contribution is -0.121.